The van der Waals surface area contributed by atoms with E-state index < -0.39 is 0 Å². The minimum Gasteiger partial charge on any atom is -0.489 e. The molecule has 0 heterocycles. The second kappa shape index (κ2) is 5.60. The molecule has 2 nitrogen and oxygen atoms in total. The van der Waals surface area contributed by atoms with Crippen LogP contribution in [0.5, 0.6) is 5.75 Å². The standard InChI is InChI=1S/C13H11ClINO/c14-12-6-1-9(7-13(12)16)8-17-11-4-2-10(15)3-5-11/h1-7H,8,16H2. The topological polar surface area (TPSA) is 35.2 Å². The number of hydrogen-bond acceptors (Lipinski definition) is 2. The van der Waals surface area contributed by atoms with E-state index in [1.807, 2.05) is 36.4 Å². The van der Waals surface area contributed by atoms with Crippen LogP contribution in [0.2, 0.25) is 5.02 Å². The van der Waals surface area contributed by atoms with Crippen molar-refractivity contribution < 1.29 is 4.74 Å². The Labute approximate surface area is 119 Å². The van der Waals surface area contributed by atoms with E-state index in [0.717, 1.165) is 11.3 Å². The molecule has 0 saturated carbocycles. The molecule has 0 aliphatic carbocycles. The number of nitrogens with two attached hydrogens (primary N) is 1. The van der Waals surface area contributed by atoms with Crippen molar-refractivity contribution in [2.45, 2.75) is 6.61 Å². The minimum absolute atomic E-state index is 0.488. The van der Waals surface area contributed by atoms with Crippen LogP contribution in [0.25, 0.3) is 0 Å². The first-order valence-corrected chi connectivity index (χ1v) is 6.53. The van der Waals surface area contributed by atoms with Crippen molar-refractivity contribution in [2.75, 3.05) is 5.73 Å². The van der Waals surface area contributed by atoms with Gasteiger partial charge in [-0.25, -0.2) is 0 Å². The largest absolute Gasteiger partial charge is 0.489 e. The number of ether oxygens (including phenoxy) is 1. The van der Waals surface area contributed by atoms with Crippen molar-refractivity contribution in [1.29, 1.82) is 0 Å². The summed E-state index contributed by atoms with van der Waals surface area (Å²) in [6.07, 6.45) is 0. The molecule has 88 valence electrons. The van der Waals surface area contributed by atoms with E-state index in [-0.39, 0.29) is 0 Å². The Balaban J connectivity index is 2.02. The number of hydrogen-bond donors (Lipinski definition) is 1. The minimum atomic E-state index is 0.488. The van der Waals surface area contributed by atoms with Gasteiger partial charge in [0.2, 0.25) is 0 Å². The lowest BCUT2D eigenvalue weighted by atomic mass is 10.2. The average Bonchev–Trinajstić information content (AvgIpc) is 2.33. The van der Waals surface area contributed by atoms with Gasteiger partial charge >= 0.3 is 0 Å². The van der Waals surface area contributed by atoms with Gasteiger partial charge in [0.1, 0.15) is 12.4 Å². The molecule has 0 saturated heterocycles. The number of halogens is 2. The third kappa shape index (κ3) is 3.51. The summed E-state index contributed by atoms with van der Waals surface area (Å²) < 4.78 is 6.83. The number of anilines is 1. The van der Waals surface area contributed by atoms with E-state index in [1.54, 1.807) is 6.07 Å². The molecule has 0 aromatic heterocycles. The van der Waals surface area contributed by atoms with Gasteiger partial charge in [0.05, 0.1) is 10.7 Å². The maximum absolute atomic E-state index is 5.85. The predicted octanol–water partition coefficient (Wildman–Crippen LogP) is 4.11. The van der Waals surface area contributed by atoms with Crippen LogP contribution in [0.15, 0.2) is 42.5 Å². The molecule has 0 fully saturated rings. The first-order valence-electron chi connectivity index (χ1n) is 5.07. The van der Waals surface area contributed by atoms with Crippen LogP contribution in [0.1, 0.15) is 5.56 Å². The van der Waals surface area contributed by atoms with Crippen LogP contribution in [0, 0.1) is 3.57 Å². The molecule has 0 amide bonds. The number of benzene rings is 2. The molecule has 4 heteroatoms. The molecule has 17 heavy (non-hydrogen) atoms. The van der Waals surface area contributed by atoms with Crippen LogP contribution in [0.3, 0.4) is 0 Å². The van der Waals surface area contributed by atoms with Crippen molar-refractivity contribution in [2.24, 2.45) is 0 Å². The third-order valence-electron chi connectivity index (χ3n) is 2.28. The third-order valence-corrected chi connectivity index (χ3v) is 3.34. The monoisotopic (exact) mass is 359 g/mol. The highest BCUT2D eigenvalue weighted by Gasteiger charge is 2.00. The first kappa shape index (κ1) is 12.5. The Morgan fingerprint density at radius 2 is 1.82 bits per heavy atom. The lowest BCUT2D eigenvalue weighted by Crippen LogP contribution is -1.97. The van der Waals surface area contributed by atoms with Crippen molar-refractivity contribution in [3.63, 3.8) is 0 Å². The zero-order valence-electron chi connectivity index (χ0n) is 8.99. The summed E-state index contributed by atoms with van der Waals surface area (Å²) in [5, 5.41) is 0.572. The zero-order valence-corrected chi connectivity index (χ0v) is 11.9. The Morgan fingerprint density at radius 1 is 1.12 bits per heavy atom. The fraction of sp³-hybridized carbons (Fsp3) is 0.0769. The molecular weight excluding hydrogens is 349 g/mol. The Morgan fingerprint density at radius 3 is 2.47 bits per heavy atom. The van der Waals surface area contributed by atoms with E-state index >= 15 is 0 Å². The Hall–Kier alpha value is -0.940. The van der Waals surface area contributed by atoms with Gasteiger partial charge in [-0.1, -0.05) is 17.7 Å². The summed E-state index contributed by atoms with van der Waals surface area (Å²) in [4.78, 5) is 0. The van der Waals surface area contributed by atoms with E-state index in [9.17, 15) is 0 Å². The smallest absolute Gasteiger partial charge is 0.119 e. The first-order chi connectivity index (χ1) is 8.15. The van der Waals surface area contributed by atoms with Gasteiger partial charge in [-0.05, 0) is 64.6 Å². The highest BCUT2D eigenvalue weighted by atomic mass is 127. The SMILES string of the molecule is Nc1cc(COc2ccc(I)cc2)ccc1Cl. The quantitative estimate of drug-likeness (QED) is 0.661. The predicted molar refractivity (Wildman–Crippen MR) is 79.4 cm³/mol. The maximum Gasteiger partial charge on any atom is 0.119 e. The molecule has 2 N–H and O–H groups in total. The van der Waals surface area contributed by atoms with Gasteiger partial charge in [-0.3, -0.25) is 0 Å². The van der Waals surface area contributed by atoms with Crippen molar-refractivity contribution in [3.8, 4) is 5.75 Å². The molecule has 2 aromatic rings. The van der Waals surface area contributed by atoms with Crippen LogP contribution in [-0.2, 0) is 6.61 Å². The second-order valence-electron chi connectivity index (χ2n) is 3.60. The molecule has 0 radical (unpaired) electrons. The molecule has 0 unspecified atom stereocenters. The van der Waals surface area contributed by atoms with E-state index in [1.165, 1.54) is 3.57 Å². The molecular formula is C13H11ClINO. The van der Waals surface area contributed by atoms with Crippen LogP contribution in [0.4, 0.5) is 5.69 Å². The van der Waals surface area contributed by atoms with Crippen LogP contribution >= 0.6 is 34.2 Å². The Kier molecular flexibility index (Phi) is 4.12. The van der Waals surface area contributed by atoms with Crippen molar-refractivity contribution in [3.05, 3.63) is 56.6 Å². The summed E-state index contributed by atoms with van der Waals surface area (Å²) in [7, 11) is 0. The van der Waals surface area contributed by atoms with Gasteiger partial charge in [0, 0.05) is 3.57 Å². The normalized spacial score (nSPS) is 10.2. The number of nitrogen functional groups attached to an aromatic ring is 1. The lowest BCUT2D eigenvalue weighted by Gasteiger charge is -2.07. The van der Waals surface area contributed by atoms with Crippen molar-refractivity contribution in [1.82, 2.24) is 0 Å². The van der Waals surface area contributed by atoms with Gasteiger partial charge in [-0.15, -0.1) is 0 Å². The van der Waals surface area contributed by atoms with Gasteiger partial charge in [0.25, 0.3) is 0 Å². The van der Waals surface area contributed by atoms with Gasteiger partial charge < -0.3 is 10.5 Å². The summed E-state index contributed by atoms with van der Waals surface area (Å²) in [5.41, 5.74) is 7.31. The van der Waals surface area contributed by atoms with Gasteiger partial charge in [-0.2, -0.15) is 0 Å². The van der Waals surface area contributed by atoms with Crippen molar-refractivity contribution >= 4 is 39.9 Å². The molecule has 0 aliphatic heterocycles. The number of rotatable bonds is 3. The summed E-state index contributed by atoms with van der Waals surface area (Å²) in [5.74, 6) is 0.846. The average molecular weight is 360 g/mol. The molecule has 0 spiro atoms. The fourth-order valence-corrected chi connectivity index (χ4v) is 1.86. The zero-order chi connectivity index (χ0) is 12.3. The molecule has 2 rings (SSSR count). The molecule has 2 aromatic carbocycles. The fourth-order valence-electron chi connectivity index (χ4n) is 1.38. The highest BCUT2D eigenvalue weighted by molar-refractivity contribution is 14.1. The molecule has 0 bridgehead atoms. The Bertz CT molecular complexity index is 513. The summed E-state index contributed by atoms with van der Waals surface area (Å²) in [6.45, 7) is 0.488. The highest BCUT2D eigenvalue weighted by Crippen LogP contribution is 2.21. The van der Waals surface area contributed by atoms with E-state index in [0.29, 0.717) is 17.3 Å². The van der Waals surface area contributed by atoms with E-state index in [4.69, 9.17) is 22.1 Å². The summed E-state index contributed by atoms with van der Waals surface area (Å²) in [6, 6.07) is 13.4. The second-order valence-corrected chi connectivity index (χ2v) is 5.25. The lowest BCUT2D eigenvalue weighted by molar-refractivity contribution is 0.306. The molecule has 0 aliphatic rings. The van der Waals surface area contributed by atoms with Crippen LogP contribution in [-0.4, -0.2) is 0 Å². The van der Waals surface area contributed by atoms with E-state index in [2.05, 4.69) is 22.6 Å². The van der Waals surface area contributed by atoms with Crippen LogP contribution < -0.4 is 10.5 Å². The summed E-state index contributed by atoms with van der Waals surface area (Å²) >= 11 is 8.11. The van der Waals surface area contributed by atoms with Gasteiger partial charge in [0.15, 0.2) is 0 Å². The maximum atomic E-state index is 5.85. The molecule has 0 atom stereocenters.